The van der Waals surface area contributed by atoms with E-state index in [1.165, 1.54) is 250 Å². The molecule has 2 unspecified atom stereocenters. The maximum atomic E-state index is 13.0. The van der Waals surface area contributed by atoms with Crippen LogP contribution in [-0.2, 0) is 33.3 Å². The Hall–Kier alpha value is -3.27. The van der Waals surface area contributed by atoms with Gasteiger partial charge in [-0.25, -0.2) is 4.79 Å². The molecule has 0 spiro atoms. The fraction of sp³-hybridized carbons (Fsp3) is 0.808. The van der Waals surface area contributed by atoms with Crippen LogP contribution in [0.25, 0.3) is 0 Å². The number of carbonyl (C=O) groups excluding carboxylic acids is 2. The summed E-state index contributed by atoms with van der Waals surface area (Å²) in [6.07, 6.45) is 88.9. The van der Waals surface area contributed by atoms with Crippen LogP contribution in [0.5, 0.6) is 0 Å². The lowest BCUT2D eigenvalue weighted by Crippen LogP contribution is -2.40. The molecular weight excluding hydrogens is 1080 g/mol. The second kappa shape index (κ2) is 68.6. The van der Waals surface area contributed by atoms with E-state index in [1.807, 2.05) is 21.1 Å². The molecule has 0 aliphatic rings. The average molecular weight is 1220 g/mol. The molecule has 9 nitrogen and oxygen atoms in total. The SMILES string of the molecule is CC/C=C\C/C=C\C/C=C\C/C=C\CCCCCCCCCCCCCCCCCCC(=O)OC(COC(=O)CCCCCCCCCCCCCCCCCCCCCCC/C=C\C/C=C\CCCCCCC)COC(OCC[N+](C)(C)C)C(=O)O. The molecule has 0 heterocycles. The highest BCUT2D eigenvalue weighted by Gasteiger charge is 2.25. The van der Waals surface area contributed by atoms with Crippen LogP contribution in [0.15, 0.2) is 72.9 Å². The summed E-state index contributed by atoms with van der Waals surface area (Å²) in [6.45, 7) is 4.81. The summed E-state index contributed by atoms with van der Waals surface area (Å²) in [4.78, 5) is 37.7. The monoisotopic (exact) mass is 1220 g/mol. The molecule has 0 aromatic carbocycles. The molecule has 2 atom stereocenters. The molecule has 0 aromatic rings. The Bertz CT molecular complexity index is 1660. The van der Waals surface area contributed by atoms with Crippen molar-refractivity contribution < 1.29 is 42.9 Å². The molecule has 0 amide bonds. The number of ether oxygens (including phenoxy) is 4. The molecule has 506 valence electrons. The number of rotatable bonds is 69. The first-order chi connectivity index (χ1) is 42.6. The van der Waals surface area contributed by atoms with E-state index in [0.717, 1.165) is 70.6 Å². The first-order valence-electron chi connectivity index (χ1n) is 37.1. The topological polar surface area (TPSA) is 108 Å². The summed E-state index contributed by atoms with van der Waals surface area (Å²) in [7, 11) is 5.99. The van der Waals surface area contributed by atoms with E-state index in [0.29, 0.717) is 17.4 Å². The van der Waals surface area contributed by atoms with Crippen LogP contribution in [0.3, 0.4) is 0 Å². The molecule has 1 N–H and O–H groups in total. The van der Waals surface area contributed by atoms with Crippen LogP contribution in [0.4, 0.5) is 0 Å². The van der Waals surface area contributed by atoms with Crippen LogP contribution in [0, 0.1) is 0 Å². The van der Waals surface area contributed by atoms with Crippen molar-refractivity contribution in [2.75, 3.05) is 47.5 Å². The van der Waals surface area contributed by atoms with Gasteiger partial charge in [0.25, 0.3) is 6.29 Å². The zero-order chi connectivity index (χ0) is 63.3. The smallest absolute Gasteiger partial charge is 0.361 e. The van der Waals surface area contributed by atoms with Gasteiger partial charge in [-0.3, -0.25) is 9.59 Å². The molecule has 0 rings (SSSR count). The number of carbonyl (C=O) groups is 3. The van der Waals surface area contributed by atoms with Crippen molar-refractivity contribution in [1.82, 2.24) is 0 Å². The Balaban J connectivity index is 4.04. The lowest BCUT2D eigenvalue weighted by atomic mass is 10.0. The van der Waals surface area contributed by atoms with Crippen molar-refractivity contribution in [3.8, 4) is 0 Å². The van der Waals surface area contributed by atoms with Crippen LogP contribution >= 0.6 is 0 Å². The molecular formula is C78H142NO8+. The zero-order valence-corrected chi connectivity index (χ0v) is 57.9. The summed E-state index contributed by atoms with van der Waals surface area (Å²) in [6, 6.07) is 0. The van der Waals surface area contributed by atoms with Gasteiger partial charge in [-0.2, -0.15) is 0 Å². The Morgan fingerprint density at radius 2 is 0.655 bits per heavy atom. The van der Waals surface area contributed by atoms with Crippen molar-refractivity contribution in [2.45, 2.75) is 360 Å². The van der Waals surface area contributed by atoms with Crippen LogP contribution in [-0.4, -0.2) is 87.4 Å². The largest absolute Gasteiger partial charge is 0.477 e. The normalized spacial score (nSPS) is 13.1. The Morgan fingerprint density at radius 3 is 0.977 bits per heavy atom. The average Bonchev–Trinajstić information content (AvgIpc) is 3.57. The minimum atomic E-state index is -1.51. The van der Waals surface area contributed by atoms with E-state index >= 15 is 0 Å². The molecule has 0 aliphatic heterocycles. The molecule has 0 aromatic heterocycles. The molecule has 0 bridgehead atoms. The number of hydrogen-bond donors (Lipinski definition) is 1. The Labute approximate surface area is 538 Å². The van der Waals surface area contributed by atoms with E-state index in [4.69, 9.17) is 18.9 Å². The third kappa shape index (κ3) is 70.1. The highest BCUT2D eigenvalue weighted by atomic mass is 16.7. The number of hydrogen-bond acceptors (Lipinski definition) is 7. The quantitative estimate of drug-likeness (QED) is 0.0211. The Morgan fingerprint density at radius 1 is 0.356 bits per heavy atom. The van der Waals surface area contributed by atoms with Gasteiger partial charge in [0, 0.05) is 12.8 Å². The third-order valence-corrected chi connectivity index (χ3v) is 16.4. The van der Waals surface area contributed by atoms with Gasteiger partial charge in [-0.1, -0.05) is 324 Å². The van der Waals surface area contributed by atoms with E-state index in [2.05, 4.69) is 86.8 Å². The van der Waals surface area contributed by atoms with Crippen molar-refractivity contribution >= 4 is 17.9 Å². The lowest BCUT2D eigenvalue weighted by molar-refractivity contribution is -0.870. The lowest BCUT2D eigenvalue weighted by Gasteiger charge is -2.25. The van der Waals surface area contributed by atoms with E-state index in [1.54, 1.807) is 0 Å². The van der Waals surface area contributed by atoms with Gasteiger partial charge in [0.15, 0.2) is 6.10 Å². The molecule has 0 radical (unpaired) electrons. The highest BCUT2D eigenvalue weighted by Crippen LogP contribution is 2.19. The second-order valence-electron chi connectivity index (χ2n) is 26.2. The number of aliphatic carboxylic acids is 1. The first-order valence-corrected chi connectivity index (χ1v) is 37.1. The maximum absolute atomic E-state index is 13.0. The number of unbranched alkanes of at least 4 members (excludes halogenated alkanes) is 42. The third-order valence-electron chi connectivity index (χ3n) is 16.4. The number of allylic oxidation sites excluding steroid dienone is 12. The van der Waals surface area contributed by atoms with E-state index < -0.39 is 18.4 Å². The number of quaternary nitrogens is 1. The maximum Gasteiger partial charge on any atom is 0.361 e. The number of carboxylic acids is 1. The molecule has 0 saturated carbocycles. The van der Waals surface area contributed by atoms with Gasteiger partial charge in [0.1, 0.15) is 13.2 Å². The molecule has 0 saturated heterocycles. The number of carboxylic acid groups (broad SMARTS) is 1. The molecule has 9 heteroatoms. The fourth-order valence-electron chi connectivity index (χ4n) is 10.8. The van der Waals surface area contributed by atoms with Crippen molar-refractivity contribution in [3.63, 3.8) is 0 Å². The van der Waals surface area contributed by atoms with Crippen molar-refractivity contribution in [1.29, 1.82) is 0 Å². The second-order valence-corrected chi connectivity index (χ2v) is 26.2. The number of nitrogens with zero attached hydrogens (tertiary/aromatic N) is 1. The summed E-state index contributed by atoms with van der Waals surface area (Å²) >= 11 is 0. The summed E-state index contributed by atoms with van der Waals surface area (Å²) < 4.78 is 23.0. The number of esters is 2. The zero-order valence-electron chi connectivity index (χ0n) is 57.9. The van der Waals surface area contributed by atoms with Gasteiger partial charge in [-0.05, 0) is 83.5 Å². The van der Waals surface area contributed by atoms with E-state index in [9.17, 15) is 19.5 Å². The fourth-order valence-corrected chi connectivity index (χ4v) is 10.8. The minimum absolute atomic E-state index is 0.179. The molecule has 0 aliphatic carbocycles. The predicted molar refractivity (Wildman–Crippen MR) is 373 cm³/mol. The minimum Gasteiger partial charge on any atom is -0.477 e. The van der Waals surface area contributed by atoms with Crippen LogP contribution in [0.1, 0.15) is 348 Å². The van der Waals surface area contributed by atoms with Crippen molar-refractivity contribution in [3.05, 3.63) is 72.9 Å². The summed E-state index contributed by atoms with van der Waals surface area (Å²) in [5, 5.41) is 9.76. The summed E-state index contributed by atoms with van der Waals surface area (Å²) in [5.74, 6) is -1.98. The highest BCUT2D eigenvalue weighted by molar-refractivity contribution is 5.71. The molecule has 0 fully saturated rings. The van der Waals surface area contributed by atoms with Gasteiger partial charge in [-0.15, -0.1) is 0 Å². The predicted octanol–water partition coefficient (Wildman–Crippen LogP) is 23.3. The van der Waals surface area contributed by atoms with Gasteiger partial charge >= 0.3 is 17.9 Å². The number of likely N-dealkylation sites (N-methyl/N-ethyl adjacent to an activating group) is 1. The van der Waals surface area contributed by atoms with Crippen molar-refractivity contribution in [2.24, 2.45) is 0 Å². The molecule has 87 heavy (non-hydrogen) atoms. The van der Waals surface area contributed by atoms with Gasteiger partial charge in [0.2, 0.25) is 0 Å². The van der Waals surface area contributed by atoms with Crippen LogP contribution in [0.2, 0.25) is 0 Å². The Kier molecular flexibility index (Phi) is 66.1. The first kappa shape index (κ1) is 83.7. The standard InChI is InChI=1S/C78H141NO8/c1-6-8-10-12-14-16-18-20-22-24-26-28-30-32-34-36-37-38-39-41-42-44-46-48-50-52-54-56-58-60-62-64-66-68-75(80)85-72-74(73-86-78(77(82)83)84-71-70-79(3,4)5)87-76(81)69-67-65-63-61-59-57-55-53-51-49-47-45-43-40-35-33-31-29-27-25-23-21-19-17-15-13-11-9-7-2/h9,11,15,17-18,20-21,23-24,26-27,29,74,78H,6-8,10,12-14,16,19,22,25,28,30-73H2,1-5H3/p+1/b11-9-,17-15-,20-18-,23-21-,26-24-,29-27-. The van der Waals surface area contributed by atoms with E-state index in [-0.39, 0.29) is 38.2 Å². The van der Waals surface area contributed by atoms with Crippen LogP contribution < -0.4 is 0 Å². The summed E-state index contributed by atoms with van der Waals surface area (Å²) in [5.41, 5.74) is 0. The van der Waals surface area contributed by atoms with Gasteiger partial charge in [0.05, 0.1) is 34.4 Å². The van der Waals surface area contributed by atoms with Gasteiger partial charge < -0.3 is 28.5 Å².